The minimum absolute atomic E-state index is 0.0922. The normalized spacial score (nSPS) is 10.6. The number of nitrogens with one attached hydrogen (secondary N) is 1. The van der Waals surface area contributed by atoms with Crippen LogP contribution >= 0.6 is 23.2 Å². The van der Waals surface area contributed by atoms with E-state index in [0.29, 0.717) is 15.6 Å². The molecule has 3 aromatic rings. The molecule has 0 aliphatic carbocycles. The van der Waals surface area contributed by atoms with Crippen LogP contribution in [-0.4, -0.2) is 16.1 Å². The number of nitrogens with zero attached hydrogens (tertiary/aromatic N) is 2. The molecule has 1 N–H and O–H groups in total. The largest absolute Gasteiger partial charge is 0.403 e. The summed E-state index contributed by atoms with van der Waals surface area (Å²) in [5, 5.41) is 10.6. The second-order valence-corrected chi connectivity index (χ2v) is 5.40. The number of amides is 1. The van der Waals surface area contributed by atoms with Crippen molar-refractivity contribution >= 4 is 35.1 Å². The van der Waals surface area contributed by atoms with Gasteiger partial charge in [-0.15, -0.1) is 5.10 Å². The number of hydrogen-bond donors (Lipinski definition) is 1. The maximum absolute atomic E-state index is 12.9. The fraction of sp³-hybridized carbons (Fsp3) is 0. The highest BCUT2D eigenvalue weighted by atomic mass is 35.5. The van der Waals surface area contributed by atoms with Gasteiger partial charge in [0, 0.05) is 21.2 Å². The number of hydrogen-bond acceptors (Lipinski definition) is 4. The molecule has 0 saturated heterocycles. The van der Waals surface area contributed by atoms with E-state index >= 15 is 0 Å². The third-order valence-electron chi connectivity index (χ3n) is 2.86. The molecule has 1 heterocycles. The Bertz CT molecular complexity index is 845. The highest BCUT2D eigenvalue weighted by Crippen LogP contribution is 2.22. The molecule has 0 fully saturated rings. The lowest BCUT2D eigenvalue weighted by Gasteiger charge is -2.02. The molecule has 2 aromatic carbocycles. The summed E-state index contributed by atoms with van der Waals surface area (Å²) in [5.41, 5.74) is 0.786. The first kappa shape index (κ1) is 15.5. The number of rotatable bonds is 3. The van der Waals surface area contributed by atoms with Gasteiger partial charge in [-0.2, -0.15) is 0 Å². The molecule has 0 bridgehead atoms. The summed E-state index contributed by atoms with van der Waals surface area (Å²) in [7, 11) is 0. The summed E-state index contributed by atoms with van der Waals surface area (Å²) in [5.74, 6) is -0.715. The van der Waals surface area contributed by atoms with Crippen molar-refractivity contribution in [1.29, 1.82) is 0 Å². The van der Waals surface area contributed by atoms with Gasteiger partial charge in [0.15, 0.2) is 0 Å². The average Bonchev–Trinajstić information content (AvgIpc) is 2.95. The first-order valence-corrected chi connectivity index (χ1v) is 7.14. The molecule has 3 rings (SSSR count). The van der Waals surface area contributed by atoms with Gasteiger partial charge in [0.05, 0.1) is 0 Å². The standard InChI is InChI=1S/C15H8Cl2FN3O2/c16-10-5-9(6-11(17)7-10)13(22)19-15-21-20-14(23-15)8-1-3-12(18)4-2-8/h1-7H,(H,19,21,22). The summed E-state index contributed by atoms with van der Waals surface area (Å²) in [6.45, 7) is 0. The lowest BCUT2D eigenvalue weighted by Crippen LogP contribution is -2.12. The third kappa shape index (κ3) is 3.67. The van der Waals surface area contributed by atoms with Crippen molar-refractivity contribution in [3.8, 4) is 11.5 Å². The van der Waals surface area contributed by atoms with Crippen LogP contribution in [0.2, 0.25) is 10.0 Å². The van der Waals surface area contributed by atoms with E-state index in [1.54, 1.807) is 0 Å². The molecule has 0 aliphatic heterocycles. The first-order valence-electron chi connectivity index (χ1n) is 6.38. The molecule has 0 atom stereocenters. The van der Waals surface area contributed by atoms with Crippen molar-refractivity contribution in [1.82, 2.24) is 10.2 Å². The molecule has 1 amide bonds. The highest BCUT2D eigenvalue weighted by Gasteiger charge is 2.14. The number of aromatic nitrogens is 2. The van der Waals surface area contributed by atoms with Gasteiger partial charge in [-0.1, -0.05) is 28.3 Å². The molecule has 116 valence electrons. The van der Waals surface area contributed by atoms with E-state index < -0.39 is 5.91 Å². The van der Waals surface area contributed by atoms with Crippen LogP contribution in [0.4, 0.5) is 10.4 Å². The van der Waals surface area contributed by atoms with Crippen molar-refractivity contribution < 1.29 is 13.6 Å². The van der Waals surface area contributed by atoms with Gasteiger partial charge in [0.1, 0.15) is 5.82 Å². The summed E-state index contributed by atoms with van der Waals surface area (Å²) in [4.78, 5) is 12.1. The molecule has 0 radical (unpaired) electrons. The van der Waals surface area contributed by atoms with Gasteiger partial charge in [-0.05, 0) is 42.5 Å². The monoisotopic (exact) mass is 351 g/mol. The number of halogens is 3. The highest BCUT2D eigenvalue weighted by molar-refractivity contribution is 6.35. The Hall–Kier alpha value is -2.44. The quantitative estimate of drug-likeness (QED) is 0.757. The number of anilines is 1. The van der Waals surface area contributed by atoms with Gasteiger partial charge in [-0.25, -0.2) is 4.39 Å². The van der Waals surface area contributed by atoms with E-state index in [0.717, 1.165) is 0 Å². The molecule has 0 spiro atoms. The molecule has 23 heavy (non-hydrogen) atoms. The van der Waals surface area contributed by atoms with Crippen LogP contribution < -0.4 is 5.32 Å². The van der Waals surface area contributed by atoms with Crippen molar-refractivity contribution in [2.24, 2.45) is 0 Å². The Balaban J connectivity index is 1.78. The molecule has 5 nitrogen and oxygen atoms in total. The molecular formula is C15H8Cl2FN3O2. The lowest BCUT2D eigenvalue weighted by molar-refractivity contribution is 0.102. The lowest BCUT2D eigenvalue weighted by atomic mass is 10.2. The van der Waals surface area contributed by atoms with E-state index in [2.05, 4.69) is 15.5 Å². The first-order chi connectivity index (χ1) is 11.0. The smallest absolute Gasteiger partial charge is 0.322 e. The van der Waals surface area contributed by atoms with E-state index in [9.17, 15) is 9.18 Å². The topological polar surface area (TPSA) is 68.0 Å². The van der Waals surface area contributed by atoms with Gasteiger partial charge in [-0.3, -0.25) is 10.1 Å². The van der Waals surface area contributed by atoms with Gasteiger partial charge in [0.2, 0.25) is 5.89 Å². The van der Waals surface area contributed by atoms with E-state index in [1.165, 1.54) is 42.5 Å². The summed E-state index contributed by atoms with van der Waals surface area (Å²) < 4.78 is 18.2. The second-order valence-electron chi connectivity index (χ2n) is 4.53. The van der Waals surface area contributed by atoms with E-state index in [1.807, 2.05) is 0 Å². The van der Waals surface area contributed by atoms with Crippen LogP contribution in [0.3, 0.4) is 0 Å². The predicted molar refractivity (Wildman–Crippen MR) is 84.1 cm³/mol. The molecule has 0 saturated carbocycles. The fourth-order valence-electron chi connectivity index (χ4n) is 1.84. The van der Waals surface area contributed by atoms with Crippen LogP contribution in [0.5, 0.6) is 0 Å². The molecule has 1 aromatic heterocycles. The SMILES string of the molecule is O=C(Nc1nnc(-c2ccc(F)cc2)o1)c1cc(Cl)cc(Cl)c1. The maximum Gasteiger partial charge on any atom is 0.322 e. The number of carbonyl (C=O) groups is 1. The second kappa shape index (κ2) is 6.36. The average molecular weight is 352 g/mol. The summed E-state index contributed by atoms with van der Waals surface area (Å²) in [6, 6.07) is 9.86. The predicted octanol–water partition coefficient (Wildman–Crippen LogP) is 4.43. The minimum Gasteiger partial charge on any atom is -0.403 e. The van der Waals surface area contributed by atoms with Crippen LogP contribution in [-0.2, 0) is 0 Å². The third-order valence-corrected chi connectivity index (χ3v) is 3.30. The molecule has 0 unspecified atom stereocenters. The fourth-order valence-corrected chi connectivity index (χ4v) is 2.36. The van der Waals surface area contributed by atoms with E-state index in [-0.39, 0.29) is 23.3 Å². The van der Waals surface area contributed by atoms with Crippen LogP contribution in [0.15, 0.2) is 46.9 Å². The molecule has 8 heteroatoms. The zero-order valence-corrected chi connectivity index (χ0v) is 12.9. The molecule has 0 aliphatic rings. The number of benzene rings is 2. The Morgan fingerprint density at radius 2 is 1.70 bits per heavy atom. The van der Waals surface area contributed by atoms with Gasteiger partial charge < -0.3 is 4.42 Å². The van der Waals surface area contributed by atoms with Crippen molar-refractivity contribution in [2.75, 3.05) is 5.32 Å². The Kier molecular flexibility index (Phi) is 4.27. The van der Waals surface area contributed by atoms with Crippen molar-refractivity contribution in [3.05, 3.63) is 63.9 Å². The Morgan fingerprint density at radius 1 is 1.04 bits per heavy atom. The summed E-state index contributed by atoms with van der Waals surface area (Å²) in [6.07, 6.45) is 0. The zero-order chi connectivity index (χ0) is 16.4. The maximum atomic E-state index is 12.9. The van der Waals surface area contributed by atoms with Crippen LogP contribution in [0.1, 0.15) is 10.4 Å². The minimum atomic E-state index is -0.497. The van der Waals surface area contributed by atoms with E-state index in [4.69, 9.17) is 27.6 Å². The van der Waals surface area contributed by atoms with Crippen molar-refractivity contribution in [2.45, 2.75) is 0 Å². The van der Waals surface area contributed by atoms with Crippen LogP contribution in [0.25, 0.3) is 11.5 Å². The molecular weight excluding hydrogens is 344 g/mol. The van der Waals surface area contributed by atoms with Crippen LogP contribution in [0, 0.1) is 5.82 Å². The van der Waals surface area contributed by atoms with Gasteiger partial charge >= 0.3 is 6.01 Å². The Labute approximate surface area is 140 Å². The summed E-state index contributed by atoms with van der Waals surface area (Å²) >= 11 is 11.7. The zero-order valence-electron chi connectivity index (χ0n) is 11.4. The van der Waals surface area contributed by atoms with Gasteiger partial charge in [0.25, 0.3) is 5.91 Å². The van der Waals surface area contributed by atoms with Crippen molar-refractivity contribution in [3.63, 3.8) is 0 Å². The number of carbonyl (C=O) groups excluding carboxylic acids is 1. The Morgan fingerprint density at radius 3 is 2.35 bits per heavy atom.